The predicted octanol–water partition coefficient (Wildman–Crippen LogP) is 1.62. The van der Waals surface area contributed by atoms with E-state index in [0.29, 0.717) is 17.5 Å². The van der Waals surface area contributed by atoms with Gasteiger partial charge in [0.15, 0.2) is 0 Å². The van der Waals surface area contributed by atoms with Crippen molar-refractivity contribution in [2.24, 2.45) is 0 Å². The molecule has 0 aliphatic heterocycles. The number of nitrogens with zero attached hydrogens (tertiary/aromatic N) is 2. The molecular formula is C12H18ClN3O3S. The van der Waals surface area contributed by atoms with E-state index in [4.69, 9.17) is 11.6 Å². The predicted molar refractivity (Wildman–Crippen MR) is 81.6 cm³/mol. The van der Waals surface area contributed by atoms with Gasteiger partial charge in [-0.3, -0.25) is 9.59 Å². The Hall–Kier alpha value is -1.21. The number of hydrogen-bond donors (Lipinski definition) is 1. The van der Waals surface area contributed by atoms with E-state index in [1.807, 2.05) is 6.26 Å². The summed E-state index contributed by atoms with van der Waals surface area (Å²) in [4.78, 5) is 23.0. The third kappa shape index (κ3) is 4.72. The molecule has 0 amide bonds. The quantitative estimate of drug-likeness (QED) is 0.770. The maximum atomic E-state index is 11.9. The lowest BCUT2D eigenvalue weighted by atomic mass is 10.3. The molecule has 0 aliphatic rings. The fraction of sp³-hybridized carbons (Fsp3) is 0.583. The SMILES string of the molecule is COC(=O)Cn1ncc(NCCC(C)SC)c(Cl)c1=O. The molecule has 1 atom stereocenters. The van der Waals surface area contributed by atoms with E-state index in [9.17, 15) is 9.59 Å². The highest BCUT2D eigenvalue weighted by Gasteiger charge is 2.12. The van der Waals surface area contributed by atoms with Gasteiger partial charge in [0, 0.05) is 11.8 Å². The number of nitrogens with one attached hydrogen (secondary N) is 1. The van der Waals surface area contributed by atoms with Gasteiger partial charge in [-0.1, -0.05) is 18.5 Å². The molecule has 1 aromatic heterocycles. The molecule has 6 nitrogen and oxygen atoms in total. The molecule has 20 heavy (non-hydrogen) atoms. The average Bonchev–Trinajstić information content (AvgIpc) is 2.45. The van der Waals surface area contributed by atoms with Crippen LogP contribution in [0.25, 0.3) is 0 Å². The highest BCUT2D eigenvalue weighted by Crippen LogP contribution is 2.16. The summed E-state index contributed by atoms with van der Waals surface area (Å²) in [5.41, 5.74) is -0.0360. The van der Waals surface area contributed by atoms with Crippen LogP contribution in [0.1, 0.15) is 13.3 Å². The van der Waals surface area contributed by atoms with Gasteiger partial charge in [0.05, 0.1) is 19.0 Å². The number of hydrogen-bond acceptors (Lipinski definition) is 6. The van der Waals surface area contributed by atoms with Crippen LogP contribution in [0.5, 0.6) is 0 Å². The minimum Gasteiger partial charge on any atom is -0.468 e. The lowest BCUT2D eigenvalue weighted by molar-refractivity contribution is -0.141. The second-order valence-corrected chi connectivity index (χ2v) is 5.83. The van der Waals surface area contributed by atoms with Crippen LogP contribution in [0.3, 0.4) is 0 Å². The van der Waals surface area contributed by atoms with Crippen molar-refractivity contribution in [3.8, 4) is 0 Å². The number of carbonyl (C=O) groups is 1. The number of methoxy groups -OCH3 is 1. The second kappa shape index (κ2) is 8.16. The van der Waals surface area contributed by atoms with Crippen molar-refractivity contribution in [2.75, 3.05) is 25.2 Å². The summed E-state index contributed by atoms with van der Waals surface area (Å²) in [5, 5.41) is 7.52. The van der Waals surface area contributed by atoms with Crippen LogP contribution in [-0.2, 0) is 16.1 Å². The zero-order valence-corrected chi connectivity index (χ0v) is 13.3. The van der Waals surface area contributed by atoms with Crippen molar-refractivity contribution in [2.45, 2.75) is 25.1 Å². The summed E-state index contributed by atoms with van der Waals surface area (Å²) in [6, 6.07) is 0. The minimum absolute atomic E-state index is 0.0284. The first-order valence-corrected chi connectivity index (χ1v) is 7.75. The number of ether oxygens (including phenoxy) is 1. The van der Waals surface area contributed by atoms with Crippen LogP contribution in [0, 0.1) is 0 Å². The van der Waals surface area contributed by atoms with E-state index in [1.54, 1.807) is 11.8 Å². The van der Waals surface area contributed by atoms with Crippen LogP contribution in [0.4, 0.5) is 5.69 Å². The summed E-state index contributed by atoms with van der Waals surface area (Å²) in [5.74, 6) is -0.551. The van der Waals surface area contributed by atoms with E-state index >= 15 is 0 Å². The molecule has 0 spiro atoms. The zero-order chi connectivity index (χ0) is 15.1. The van der Waals surface area contributed by atoms with Gasteiger partial charge in [-0.15, -0.1) is 0 Å². The molecule has 1 aromatic rings. The minimum atomic E-state index is -0.551. The molecule has 1 heterocycles. The van der Waals surface area contributed by atoms with E-state index in [-0.39, 0.29) is 11.6 Å². The molecule has 0 saturated heterocycles. The molecule has 0 fully saturated rings. The first-order valence-electron chi connectivity index (χ1n) is 6.08. The number of esters is 1. The topological polar surface area (TPSA) is 73.2 Å². The molecule has 0 saturated carbocycles. The zero-order valence-electron chi connectivity index (χ0n) is 11.7. The Morgan fingerprint density at radius 1 is 1.65 bits per heavy atom. The van der Waals surface area contributed by atoms with Crippen molar-refractivity contribution in [1.82, 2.24) is 9.78 Å². The lowest BCUT2D eigenvalue weighted by Gasteiger charge is -2.11. The highest BCUT2D eigenvalue weighted by molar-refractivity contribution is 7.99. The van der Waals surface area contributed by atoms with Gasteiger partial charge >= 0.3 is 5.97 Å². The normalized spacial score (nSPS) is 12.0. The largest absolute Gasteiger partial charge is 0.468 e. The van der Waals surface area contributed by atoms with Crippen LogP contribution in [0.2, 0.25) is 5.02 Å². The van der Waals surface area contributed by atoms with Crippen molar-refractivity contribution in [3.05, 3.63) is 21.6 Å². The number of carbonyl (C=O) groups excluding carboxylic acids is 1. The number of aromatic nitrogens is 2. The first-order chi connectivity index (χ1) is 9.49. The van der Waals surface area contributed by atoms with Crippen molar-refractivity contribution in [3.63, 3.8) is 0 Å². The highest BCUT2D eigenvalue weighted by atomic mass is 35.5. The van der Waals surface area contributed by atoms with Gasteiger partial charge < -0.3 is 10.1 Å². The Kier molecular flexibility index (Phi) is 6.87. The molecule has 0 radical (unpaired) electrons. The fourth-order valence-corrected chi connectivity index (χ4v) is 1.98. The van der Waals surface area contributed by atoms with Gasteiger partial charge in [-0.2, -0.15) is 16.9 Å². The maximum absolute atomic E-state index is 11.9. The van der Waals surface area contributed by atoms with Crippen LogP contribution in [0.15, 0.2) is 11.0 Å². The molecule has 0 aromatic carbocycles. The fourth-order valence-electron chi connectivity index (χ4n) is 1.42. The van der Waals surface area contributed by atoms with Gasteiger partial charge in [0.25, 0.3) is 5.56 Å². The van der Waals surface area contributed by atoms with Crippen molar-refractivity contribution >= 4 is 35.0 Å². The standard InChI is InChI=1S/C12H18ClN3O3S/c1-8(20-3)4-5-14-9-6-15-16(7-10(17)19-2)12(18)11(9)13/h6,8,14H,4-5,7H2,1-3H3. The van der Waals surface area contributed by atoms with Crippen molar-refractivity contribution < 1.29 is 9.53 Å². The molecule has 1 unspecified atom stereocenters. The van der Waals surface area contributed by atoms with Crippen LogP contribution in [-0.4, -0.2) is 40.9 Å². The van der Waals surface area contributed by atoms with Gasteiger partial charge in [-0.25, -0.2) is 4.68 Å². The van der Waals surface area contributed by atoms with Gasteiger partial charge in [0.1, 0.15) is 11.6 Å². The summed E-state index contributed by atoms with van der Waals surface area (Å²) >= 11 is 7.75. The average molecular weight is 320 g/mol. The Labute approximate surface area is 126 Å². The molecule has 8 heteroatoms. The maximum Gasteiger partial charge on any atom is 0.327 e. The Balaban J connectivity index is 2.74. The summed E-state index contributed by atoms with van der Waals surface area (Å²) < 4.78 is 5.46. The third-order valence-corrected chi connectivity index (χ3v) is 4.17. The van der Waals surface area contributed by atoms with Gasteiger partial charge in [-0.05, 0) is 12.7 Å². The van der Waals surface area contributed by atoms with E-state index in [2.05, 4.69) is 22.1 Å². The lowest BCUT2D eigenvalue weighted by Crippen LogP contribution is -2.28. The summed E-state index contributed by atoms with van der Waals surface area (Å²) in [6.07, 6.45) is 4.44. The molecule has 112 valence electrons. The second-order valence-electron chi connectivity index (χ2n) is 4.17. The molecule has 0 bridgehead atoms. The Bertz CT molecular complexity index is 521. The van der Waals surface area contributed by atoms with Crippen LogP contribution >= 0.6 is 23.4 Å². The molecular weight excluding hydrogens is 302 g/mol. The Morgan fingerprint density at radius 2 is 2.35 bits per heavy atom. The first kappa shape index (κ1) is 16.8. The summed E-state index contributed by atoms with van der Waals surface area (Å²) in [6.45, 7) is 2.57. The summed E-state index contributed by atoms with van der Waals surface area (Å²) in [7, 11) is 1.25. The van der Waals surface area contributed by atoms with Crippen LogP contribution < -0.4 is 10.9 Å². The monoisotopic (exact) mass is 319 g/mol. The third-order valence-electron chi connectivity index (χ3n) is 2.76. The molecule has 1 rings (SSSR count). The smallest absolute Gasteiger partial charge is 0.327 e. The molecule has 0 aliphatic carbocycles. The number of thioether (sulfide) groups is 1. The van der Waals surface area contributed by atoms with E-state index < -0.39 is 11.5 Å². The van der Waals surface area contributed by atoms with E-state index in [0.717, 1.165) is 11.1 Å². The molecule has 1 N–H and O–H groups in total. The number of anilines is 1. The van der Waals surface area contributed by atoms with Gasteiger partial charge in [0.2, 0.25) is 0 Å². The Morgan fingerprint density at radius 3 is 2.95 bits per heavy atom. The van der Waals surface area contributed by atoms with Crippen molar-refractivity contribution in [1.29, 1.82) is 0 Å². The number of rotatable bonds is 7. The number of halogens is 1. The van der Waals surface area contributed by atoms with E-state index in [1.165, 1.54) is 13.3 Å².